The van der Waals surface area contributed by atoms with Gasteiger partial charge in [-0.3, -0.25) is 4.79 Å². The van der Waals surface area contributed by atoms with Gasteiger partial charge in [-0.15, -0.1) is 0 Å². The summed E-state index contributed by atoms with van der Waals surface area (Å²) >= 11 is 0. The van der Waals surface area contributed by atoms with E-state index in [0.29, 0.717) is 19.8 Å². The lowest BCUT2D eigenvalue weighted by Gasteiger charge is -2.05. The summed E-state index contributed by atoms with van der Waals surface area (Å²) in [6.07, 6.45) is 3.22. The van der Waals surface area contributed by atoms with E-state index >= 15 is 0 Å². The Balaban J connectivity index is 2.32. The van der Waals surface area contributed by atoms with Gasteiger partial charge in [0.1, 0.15) is 0 Å². The molecule has 100 valence electrons. The molecule has 0 saturated heterocycles. The number of carbonyl (C=O) groups is 2. The Morgan fingerprint density at radius 3 is 2.94 bits per heavy atom. The topological polar surface area (TPSA) is 104 Å². The molecule has 3 N–H and O–H groups in total. The van der Waals surface area contributed by atoms with E-state index in [2.05, 4.69) is 22.2 Å². The third kappa shape index (κ3) is 4.17. The fourth-order valence-electron chi connectivity index (χ4n) is 1.30. The number of nitrogens with zero attached hydrogens (tertiary/aromatic N) is 1. The summed E-state index contributed by atoms with van der Waals surface area (Å²) in [4.78, 5) is 28.4. The molecule has 1 aromatic rings. The second-order valence-corrected chi connectivity index (χ2v) is 3.65. The van der Waals surface area contributed by atoms with Crippen molar-refractivity contribution in [3.8, 4) is 0 Å². The molecule has 0 unspecified atom stereocenters. The monoisotopic (exact) mass is 255 g/mol. The van der Waals surface area contributed by atoms with E-state index in [0.717, 1.165) is 12.8 Å². The molecule has 1 heterocycles. The summed E-state index contributed by atoms with van der Waals surface area (Å²) in [5, 5.41) is 11.3. The maximum Gasteiger partial charge on any atom is 0.354 e. The molecule has 0 atom stereocenters. The van der Waals surface area contributed by atoms with Crippen LogP contribution < -0.4 is 5.32 Å². The van der Waals surface area contributed by atoms with Crippen molar-refractivity contribution in [3.63, 3.8) is 0 Å². The van der Waals surface area contributed by atoms with Crippen LogP contribution in [0, 0.1) is 0 Å². The number of imidazole rings is 1. The SMILES string of the molecule is CCCCOCCNC(=O)c1nc[nH]c1C(=O)O. The zero-order valence-corrected chi connectivity index (χ0v) is 10.2. The second-order valence-electron chi connectivity index (χ2n) is 3.65. The van der Waals surface area contributed by atoms with Crippen molar-refractivity contribution in [2.45, 2.75) is 19.8 Å². The molecule has 1 amide bonds. The van der Waals surface area contributed by atoms with Crippen LogP contribution in [-0.2, 0) is 4.74 Å². The van der Waals surface area contributed by atoms with E-state index in [1.54, 1.807) is 0 Å². The van der Waals surface area contributed by atoms with E-state index in [9.17, 15) is 9.59 Å². The van der Waals surface area contributed by atoms with Gasteiger partial charge in [0.2, 0.25) is 0 Å². The number of aromatic nitrogens is 2. The first-order valence-corrected chi connectivity index (χ1v) is 5.79. The van der Waals surface area contributed by atoms with Gasteiger partial charge in [-0.25, -0.2) is 9.78 Å². The van der Waals surface area contributed by atoms with Crippen LogP contribution in [0.4, 0.5) is 0 Å². The Hall–Kier alpha value is -1.89. The summed E-state index contributed by atoms with van der Waals surface area (Å²) in [5.41, 5.74) is -0.324. The van der Waals surface area contributed by atoms with Crippen LogP contribution in [0.2, 0.25) is 0 Å². The Morgan fingerprint density at radius 2 is 2.28 bits per heavy atom. The molecule has 0 aliphatic carbocycles. The third-order valence-electron chi connectivity index (χ3n) is 2.24. The molecule has 1 aromatic heterocycles. The van der Waals surface area contributed by atoms with Gasteiger partial charge in [0, 0.05) is 13.2 Å². The molecule has 7 nitrogen and oxygen atoms in total. The van der Waals surface area contributed by atoms with Crippen LogP contribution >= 0.6 is 0 Å². The number of rotatable bonds is 8. The van der Waals surface area contributed by atoms with Gasteiger partial charge in [0.05, 0.1) is 12.9 Å². The molecular formula is C11H17N3O4. The highest BCUT2D eigenvalue weighted by molar-refractivity contribution is 6.02. The summed E-state index contributed by atoms with van der Waals surface area (Å²) in [5.74, 6) is -1.73. The number of aromatic amines is 1. The quantitative estimate of drug-likeness (QED) is 0.592. The predicted molar refractivity (Wildman–Crippen MR) is 63.6 cm³/mol. The number of hydrogen-bond donors (Lipinski definition) is 3. The first kappa shape index (κ1) is 14.2. The van der Waals surface area contributed by atoms with E-state index in [-0.39, 0.29) is 11.4 Å². The number of hydrogen-bond acceptors (Lipinski definition) is 4. The average molecular weight is 255 g/mol. The molecule has 7 heteroatoms. The minimum atomic E-state index is -1.21. The number of aromatic carboxylic acids is 1. The maximum atomic E-state index is 11.6. The number of nitrogens with one attached hydrogen (secondary N) is 2. The number of unbranched alkanes of at least 4 members (excludes halogenated alkanes) is 1. The lowest BCUT2D eigenvalue weighted by Crippen LogP contribution is -2.29. The third-order valence-corrected chi connectivity index (χ3v) is 2.24. The Labute approximate surface area is 105 Å². The van der Waals surface area contributed by atoms with Gasteiger partial charge < -0.3 is 20.1 Å². The number of carbonyl (C=O) groups excluding carboxylic acids is 1. The second kappa shape index (κ2) is 7.44. The number of carboxylic acids is 1. The van der Waals surface area contributed by atoms with Gasteiger partial charge >= 0.3 is 5.97 Å². The highest BCUT2D eigenvalue weighted by Gasteiger charge is 2.18. The van der Waals surface area contributed by atoms with Crippen LogP contribution in [0.15, 0.2) is 6.33 Å². The van der Waals surface area contributed by atoms with Crippen molar-refractivity contribution in [2.75, 3.05) is 19.8 Å². The van der Waals surface area contributed by atoms with E-state index in [1.807, 2.05) is 0 Å². The number of H-pyrrole nitrogens is 1. The van der Waals surface area contributed by atoms with Crippen molar-refractivity contribution in [1.82, 2.24) is 15.3 Å². The highest BCUT2D eigenvalue weighted by atomic mass is 16.5. The van der Waals surface area contributed by atoms with E-state index < -0.39 is 11.9 Å². The standard InChI is InChI=1S/C11H17N3O4/c1-2-3-5-18-6-4-12-10(15)8-9(11(16)17)14-7-13-8/h7H,2-6H2,1H3,(H,12,15)(H,13,14)(H,16,17). The summed E-state index contributed by atoms with van der Waals surface area (Å²) in [7, 11) is 0. The predicted octanol–water partition coefficient (Wildman–Crippen LogP) is 0.654. The molecule has 18 heavy (non-hydrogen) atoms. The fourth-order valence-corrected chi connectivity index (χ4v) is 1.30. The van der Waals surface area contributed by atoms with Crippen LogP contribution in [0.1, 0.15) is 40.7 Å². The van der Waals surface area contributed by atoms with Gasteiger partial charge in [-0.1, -0.05) is 13.3 Å². The van der Waals surface area contributed by atoms with Crippen LogP contribution in [0.3, 0.4) is 0 Å². The van der Waals surface area contributed by atoms with Crippen molar-refractivity contribution in [2.24, 2.45) is 0 Å². The smallest absolute Gasteiger partial charge is 0.354 e. The zero-order valence-electron chi connectivity index (χ0n) is 10.2. The summed E-state index contributed by atoms with van der Waals surface area (Å²) < 4.78 is 5.26. The molecule has 0 bridgehead atoms. The fraction of sp³-hybridized carbons (Fsp3) is 0.545. The summed E-state index contributed by atoms with van der Waals surface area (Å²) in [6, 6.07) is 0. The molecular weight excluding hydrogens is 238 g/mol. The van der Waals surface area contributed by atoms with Crippen molar-refractivity contribution < 1.29 is 19.4 Å². The Bertz CT molecular complexity index is 403. The number of amides is 1. The molecule has 0 radical (unpaired) electrons. The zero-order chi connectivity index (χ0) is 13.4. The number of ether oxygens (including phenoxy) is 1. The minimum Gasteiger partial charge on any atom is -0.477 e. The Kier molecular flexibility index (Phi) is 5.86. The molecule has 0 fully saturated rings. The van der Waals surface area contributed by atoms with Gasteiger partial charge in [0.15, 0.2) is 11.4 Å². The molecule has 0 aliphatic heterocycles. The minimum absolute atomic E-state index is 0.115. The van der Waals surface area contributed by atoms with E-state index in [4.69, 9.17) is 9.84 Å². The maximum absolute atomic E-state index is 11.6. The Morgan fingerprint density at radius 1 is 1.50 bits per heavy atom. The first-order chi connectivity index (χ1) is 8.66. The molecule has 1 rings (SSSR count). The van der Waals surface area contributed by atoms with Gasteiger partial charge in [0.25, 0.3) is 5.91 Å². The summed E-state index contributed by atoms with van der Waals surface area (Å²) in [6.45, 7) is 3.46. The molecule has 0 spiro atoms. The van der Waals surface area contributed by atoms with Crippen LogP contribution in [0.25, 0.3) is 0 Å². The van der Waals surface area contributed by atoms with Gasteiger partial charge in [-0.2, -0.15) is 0 Å². The van der Waals surface area contributed by atoms with Crippen molar-refractivity contribution in [3.05, 3.63) is 17.7 Å². The lowest BCUT2D eigenvalue weighted by molar-refractivity contribution is 0.0684. The van der Waals surface area contributed by atoms with Crippen molar-refractivity contribution >= 4 is 11.9 Å². The molecule has 0 aromatic carbocycles. The van der Waals surface area contributed by atoms with Crippen LogP contribution in [-0.4, -0.2) is 46.7 Å². The van der Waals surface area contributed by atoms with Gasteiger partial charge in [-0.05, 0) is 6.42 Å². The largest absolute Gasteiger partial charge is 0.477 e. The average Bonchev–Trinajstić information content (AvgIpc) is 2.82. The first-order valence-electron chi connectivity index (χ1n) is 5.79. The van der Waals surface area contributed by atoms with Crippen LogP contribution in [0.5, 0.6) is 0 Å². The number of carboxylic acid groups (broad SMARTS) is 1. The lowest BCUT2D eigenvalue weighted by atomic mass is 10.3. The molecule has 0 saturated carbocycles. The van der Waals surface area contributed by atoms with E-state index in [1.165, 1.54) is 6.33 Å². The highest BCUT2D eigenvalue weighted by Crippen LogP contribution is 2.02. The normalized spacial score (nSPS) is 10.3. The van der Waals surface area contributed by atoms with Crippen molar-refractivity contribution in [1.29, 1.82) is 0 Å². The molecule has 0 aliphatic rings.